The summed E-state index contributed by atoms with van der Waals surface area (Å²) in [5, 5.41) is 12.1. The minimum atomic E-state index is -3.68. The lowest BCUT2D eigenvalue weighted by atomic mass is 9.41. The second kappa shape index (κ2) is 13.7. The number of rotatable bonds is 10. The highest BCUT2D eigenvalue weighted by Crippen LogP contribution is 2.70. The minimum absolute atomic E-state index is 0.0691. The molecule has 1 aromatic carbocycles. The lowest BCUT2D eigenvalue weighted by molar-refractivity contribution is -0.226. The Morgan fingerprint density at radius 1 is 1.02 bits per heavy atom. The van der Waals surface area contributed by atoms with Crippen molar-refractivity contribution in [3.05, 3.63) is 29.8 Å². The van der Waals surface area contributed by atoms with Gasteiger partial charge in [-0.05, 0) is 114 Å². The van der Waals surface area contributed by atoms with Crippen LogP contribution in [0.25, 0.3) is 0 Å². The molecule has 0 aromatic heterocycles. The summed E-state index contributed by atoms with van der Waals surface area (Å²) in [5.74, 6) is -0.0191. The van der Waals surface area contributed by atoms with Gasteiger partial charge in [0.1, 0.15) is 23.8 Å². The second-order valence-corrected chi connectivity index (χ2v) is 19.7. The third kappa shape index (κ3) is 6.79. The van der Waals surface area contributed by atoms with Crippen LogP contribution in [0, 0.1) is 52.3 Å². The number of Topliss-reactive ketones (excluding diaryl/α,β-unsaturated/α-hetero) is 1. The number of sulfone groups is 1. The van der Waals surface area contributed by atoms with E-state index < -0.39 is 39.9 Å². The zero-order chi connectivity index (χ0) is 35.4. The topological polar surface area (TPSA) is 97.7 Å². The second-order valence-electron chi connectivity index (χ2n) is 17.7. The summed E-state index contributed by atoms with van der Waals surface area (Å²) in [6, 6.07) is 6.91. The van der Waals surface area contributed by atoms with Gasteiger partial charge in [0.05, 0.1) is 11.0 Å². The van der Waals surface area contributed by atoms with Gasteiger partial charge in [-0.1, -0.05) is 73.4 Å². The van der Waals surface area contributed by atoms with E-state index in [1.165, 1.54) is 6.92 Å². The first-order chi connectivity index (χ1) is 22.3. The molecule has 4 fully saturated rings. The van der Waals surface area contributed by atoms with Crippen molar-refractivity contribution in [2.45, 2.75) is 148 Å². The number of benzene rings is 1. The molecule has 48 heavy (non-hydrogen) atoms. The highest BCUT2D eigenvalue weighted by Gasteiger charge is 2.67. The fraction of sp³-hybridized carbons (Fsp3) is 0.800. The average molecular weight is 689 g/mol. The van der Waals surface area contributed by atoms with Crippen LogP contribution < -0.4 is 0 Å². The van der Waals surface area contributed by atoms with E-state index in [1.54, 1.807) is 12.1 Å². The Bertz CT molecular complexity index is 1430. The predicted molar refractivity (Wildman–Crippen MR) is 187 cm³/mol. The maximum atomic E-state index is 16.2. The number of carbonyl (C=O) groups excluding carboxylic acids is 2. The number of alkyl halides is 1. The van der Waals surface area contributed by atoms with E-state index in [1.807, 2.05) is 12.1 Å². The molecule has 1 N–H and O–H groups in total. The molecule has 4 aliphatic carbocycles. The first-order valence-corrected chi connectivity index (χ1v) is 20.3. The van der Waals surface area contributed by atoms with Crippen molar-refractivity contribution < 1.29 is 32.2 Å². The van der Waals surface area contributed by atoms with Gasteiger partial charge in [0.25, 0.3) is 0 Å². The summed E-state index contributed by atoms with van der Waals surface area (Å²) in [5.41, 5.74) is 0.809. The quantitative estimate of drug-likeness (QED) is 0.249. The van der Waals surface area contributed by atoms with Crippen LogP contribution in [0.5, 0.6) is 0 Å². The van der Waals surface area contributed by atoms with E-state index in [-0.39, 0.29) is 57.0 Å². The number of ketones is 1. The summed E-state index contributed by atoms with van der Waals surface area (Å²) in [6.07, 6.45) is 5.46. The molecule has 0 amide bonds. The Kier molecular flexibility index (Phi) is 10.7. The van der Waals surface area contributed by atoms with E-state index in [4.69, 9.17) is 4.74 Å². The SMILES string of the molecule is CC[C@H]1C(O)C2C3CCC([C@H](C)CCCC(=O)CS(=O)(=O)c4ccc(C(C)(C)C)cc4)[C@@]3(C)CCC2[C@@]2(C)CC[C@@H](OC(C)=O)[C@H](F)[C@@H]12. The van der Waals surface area contributed by atoms with E-state index >= 15 is 4.39 Å². The molecule has 0 aliphatic heterocycles. The van der Waals surface area contributed by atoms with Crippen LogP contribution in [0.1, 0.15) is 125 Å². The summed E-state index contributed by atoms with van der Waals surface area (Å²) >= 11 is 0. The smallest absolute Gasteiger partial charge is 0.303 e. The molecule has 270 valence electrons. The molecular formula is C40H61FO6S. The van der Waals surface area contributed by atoms with E-state index in [9.17, 15) is 23.1 Å². The Morgan fingerprint density at radius 3 is 2.25 bits per heavy atom. The summed E-state index contributed by atoms with van der Waals surface area (Å²) in [6.45, 7) is 16.6. The molecule has 12 atom stereocenters. The normalized spacial score (nSPS) is 38.8. The van der Waals surface area contributed by atoms with Crippen molar-refractivity contribution in [1.82, 2.24) is 0 Å². The van der Waals surface area contributed by atoms with Crippen molar-refractivity contribution in [1.29, 1.82) is 0 Å². The largest absolute Gasteiger partial charge is 0.459 e. The van der Waals surface area contributed by atoms with Crippen LogP contribution in [0.3, 0.4) is 0 Å². The van der Waals surface area contributed by atoms with Crippen LogP contribution in [0.15, 0.2) is 29.2 Å². The summed E-state index contributed by atoms with van der Waals surface area (Å²) in [7, 11) is -3.68. The number of aliphatic hydroxyl groups excluding tert-OH is 1. The predicted octanol–water partition coefficient (Wildman–Crippen LogP) is 8.28. The van der Waals surface area contributed by atoms with Gasteiger partial charge in [-0.2, -0.15) is 0 Å². The Morgan fingerprint density at radius 2 is 1.65 bits per heavy atom. The average Bonchev–Trinajstić information content (AvgIpc) is 3.36. The van der Waals surface area contributed by atoms with Crippen molar-refractivity contribution in [3.63, 3.8) is 0 Å². The molecule has 8 heteroatoms. The molecule has 1 aromatic rings. The van der Waals surface area contributed by atoms with Gasteiger partial charge in [-0.3, -0.25) is 9.59 Å². The molecule has 0 heterocycles. The van der Waals surface area contributed by atoms with Crippen LogP contribution in [0.4, 0.5) is 4.39 Å². The van der Waals surface area contributed by atoms with Gasteiger partial charge in [-0.25, -0.2) is 12.8 Å². The highest BCUT2D eigenvalue weighted by atomic mass is 32.2. The van der Waals surface area contributed by atoms with Crippen LogP contribution in [-0.2, 0) is 29.6 Å². The van der Waals surface area contributed by atoms with Crippen LogP contribution in [-0.4, -0.2) is 49.4 Å². The van der Waals surface area contributed by atoms with Crippen molar-refractivity contribution >= 4 is 21.6 Å². The lowest BCUT2D eigenvalue weighted by Gasteiger charge is -2.65. The highest BCUT2D eigenvalue weighted by molar-refractivity contribution is 7.92. The summed E-state index contributed by atoms with van der Waals surface area (Å²) in [4.78, 5) is 24.8. The molecule has 4 aliphatic rings. The number of hydrogen-bond donors (Lipinski definition) is 1. The zero-order valence-corrected chi connectivity index (χ0v) is 31.5. The zero-order valence-electron chi connectivity index (χ0n) is 30.6. The molecular weight excluding hydrogens is 627 g/mol. The first-order valence-electron chi connectivity index (χ1n) is 18.7. The molecule has 0 radical (unpaired) electrons. The third-order valence-corrected chi connectivity index (χ3v) is 15.7. The fourth-order valence-electron chi connectivity index (χ4n) is 11.6. The monoisotopic (exact) mass is 688 g/mol. The lowest BCUT2D eigenvalue weighted by Crippen LogP contribution is -2.65. The maximum Gasteiger partial charge on any atom is 0.303 e. The first kappa shape index (κ1) is 37.5. The van der Waals surface area contributed by atoms with E-state index in [2.05, 4.69) is 48.5 Å². The third-order valence-electron chi connectivity index (χ3n) is 14.0. The number of aliphatic hydroxyl groups is 1. The Labute approximate surface area is 289 Å². The minimum Gasteiger partial charge on any atom is -0.459 e. The number of esters is 1. The molecule has 0 saturated heterocycles. The van der Waals surface area contributed by atoms with Crippen molar-refractivity contribution in [2.75, 3.05) is 5.75 Å². The van der Waals surface area contributed by atoms with Crippen LogP contribution >= 0.6 is 0 Å². The molecule has 4 saturated carbocycles. The number of hydrogen-bond acceptors (Lipinski definition) is 6. The van der Waals surface area contributed by atoms with Crippen molar-refractivity contribution in [2.24, 2.45) is 52.3 Å². The van der Waals surface area contributed by atoms with Gasteiger partial charge in [0.2, 0.25) is 0 Å². The molecule has 0 spiro atoms. The number of ether oxygens (including phenoxy) is 1. The van der Waals surface area contributed by atoms with Gasteiger partial charge in [-0.15, -0.1) is 0 Å². The standard InChI is InChI=1S/C40H61FO6S/c1-9-29-35-36(41)33(47-25(3)42)20-22-40(35,8)32-19-21-39(7)30(17-18-31(39)34(32)37(29)44)24(2)11-10-12-27(43)23-48(45,46)28-15-13-26(14-16-28)38(4,5)6/h13-16,24,29-37,44H,9-12,17-23H2,1-8H3/t24-,29-,30?,31?,32?,33-,34?,35-,36+,37?,39-,40-/m1/s1. The number of halogens is 1. The van der Waals surface area contributed by atoms with E-state index in [0.717, 1.165) is 44.1 Å². The number of fused-ring (bicyclic) bond motifs is 5. The number of carbonyl (C=O) groups is 2. The molecule has 5 unspecified atom stereocenters. The van der Waals surface area contributed by atoms with Crippen LogP contribution in [0.2, 0.25) is 0 Å². The Balaban J connectivity index is 1.21. The Hall–Kier alpha value is -1.80. The maximum absolute atomic E-state index is 16.2. The van der Waals surface area contributed by atoms with Gasteiger partial charge in [0.15, 0.2) is 9.84 Å². The van der Waals surface area contributed by atoms with Gasteiger partial charge >= 0.3 is 5.97 Å². The molecule has 6 nitrogen and oxygen atoms in total. The van der Waals surface area contributed by atoms with Gasteiger partial charge < -0.3 is 9.84 Å². The molecule has 5 rings (SSSR count). The van der Waals surface area contributed by atoms with E-state index in [0.29, 0.717) is 37.0 Å². The van der Waals surface area contributed by atoms with Crippen molar-refractivity contribution in [3.8, 4) is 0 Å². The summed E-state index contributed by atoms with van der Waals surface area (Å²) < 4.78 is 47.7. The van der Waals surface area contributed by atoms with Gasteiger partial charge in [0, 0.05) is 19.3 Å². The fourth-order valence-corrected chi connectivity index (χ4v) is 12.9. The molecule has 0 bridgehead atoms.